The standard InChI is InChI=1S/C34H36N4O6.2Na/c1-6-20-17(2)24-13-25-18(3)21(7-9-32(40)41)27(35-25)15-28-22(8-10-33(42)43)19(4)26(36-28)14-30-23(11-12-39)34(5,44)31(38-30)16-29(20)37-24;;/h6,11,13-16,36-37,39,44H,1,7-10,12H2,2-5H3,(H,40,41)(H,42,43);;/q;2*+1/p-2/b23-11+,24-13?,25-13?,26-14?,27-15?,28-15?,29-16?,30-14?,31-16?;;. The Balaban J connectivity index is 0.00000288. The number of carbonyl (C=O) groups excluding carboxylic acids is 2. The van der Waals surface area contributed by atoms with E-state index in [1.54, 1.807) is 31.2 Å². The second-order valence-corrected chi connectivity index (χ2v) is 11.3. The van der Waals surface area contributed by atoms with E-state index in [0.717, 1.165) is 38.9 Å². The number of rotatable bonds is 8. The minimum absolute atomic E-state index is 0. The van der Waals surface area contributed by atoms with Crippen molar-refractivity contribution in [3.63, 3.8) is 0 Å². The predicted molar refractivity (Wildman–Crippen MR) is 165 cm³/mol. The maximum absolute atomic E-state index is 11.7. The van der Waals surface area contributed by atoms with Crippen molar-refractivity contribution in [1.29, 1.82) is 0 Å². The van der Waals surface area contributed by atoms with E-state index in [4.69, 9.17) is 9.97 Å². The first-order valence-corrected chi connectivity index (χ1v) is 14.4. The summed E-state index contributed by atoms with van der Waals surface area (Å²) in [6.07, 6.45) is 3.23. The molecular weight excluding hydrogens is 606 g/mol. The summed E-state index contributed by atoms with van der Waals surface area (Å²) in [6.45, 7) is 11.0. The fourth-order valence-corrected chi connectivity index (χ4v) is 6.01. The molecule has 5 rings (SSSR count). The van der Waals surface area contributed by atoms with E-state index < -0.39 is 17.5 Å². The van der Waals surface area contributed by atoms with Gasteiger partial charge in [0.2, 0.25) is 0 Å². The first kappa shape index (κ1) is 37.7. The summed E-state index contributed by atoms with van der Waals surface area (Å²) in [5.41, 5.74) is 8.34. The molecule has 3 aromatic heterocycles. The van der Waals surface area contributed by atoms with Crippen LogP contribution >= 0.6 is 0 Å². The Kier molecular flexibility index (Phi) is 12.2. The topological polar surface area (TPSA) is 178 Å². The quantitative estimate of drug-likeness (QED) is 0.188. The van der Waals surface area contributed by atoms with E-state index >= 15 is 0 Å². The second kappa shape index (κ2) is 15.0. The molecule has 0 aromatic carbocycles. The fraction of sp³-hybridized carbons (Fsp3) is 0.294. The average Bonchev–Trinajstić information content (AvgIpc) is 3.59. The van der Waals surface area contributed by atoms with Gasteiger partial charge in [0.1, 0.15) is 5.60 Å². The third-order valence-corrected chi connectivity index (χ3v) is 8.53. The number of carbonyl (C=O) groups is 2. The average molecular weight is 641 g/mol. The summed E-state index contributed by atoms with van der Waals surface area (Å²) in [5.74, 6) is -2.36. The molecule has 1 atom stereocenters. The van der Waals surface area contributed by atoms with Gasteiger partial charge in [0.15, 0.2) is 0 Å². The van der Waals surface area contributed by atoms with Crippen LogP contribution in [0.3, 0.4) is 0 Å². The van der Waals surface area contributed by atoms with Crippen LogP contribution in [0, 0.1) is 13.8 Å². The Morgan fingerprint density at radius 3 is 2.09 bits per heavy atom. The maximum Gasteiger partial charge on any atom is 1.00 e. The van der Waals surface area contributed by atoms with Crippen LogP contribution in [0.2, 0.25) is 0 Å². The number of aliphatic carboxylic acids is 2. The Labute approximate surface area is 311 Å². The minimum atomic E-state index is -1.52. The van der Waals surface area contributed by atoms with Gasteiger partial charge in [0.25, 0.3) is 0 Å². The number of nitrogens with one attached hydrogen (secondary N) is 2. The molecule has 12 heteroatoms. The van der Waals surface area contributed by atoms with Gasteiger partial charge in [-0.2, -0.15) is 0 Å². The summed E-state index contributed by atoms with van der Waals surface area (Å²) in [7, 11) is 0. The number of aromatic amines is 2. The molecule has 3 aromatic rings. The maximum atomic E-state index is 11.7. The number of nitrogens with zero attached hydrogens (tertiary/aromatic N) is 2. The second-order valence-electron chi connectivity index (χ2n) is 11.3. The summed E-state index contributed by atoms with van der Waals surface area (Å²) in [6, 6.07) is 7.21. The number of H-pyrrole nitrogens is 2. The molecule has 0 saturated carbocycles. The molecule has 228 valence electrons. The largest absolute Gasteiger partial charge is 1.00 e. The van der Waals surface area contributed by atoms with E-state index in [9.17, 15) is 30.0 Å². The molecule has 0 fully saturated rings. The van der Waals surface area contributed by atoms with Crippen molar-refractivity contribution in [1.82, 2.24) is 19.9 Å². The number of hydrogen-bond donors (Lipinski definition) is 4. The van der Waals surface area contributed by atoms with Gasteiger partial charge in [-0.05, 0) is 105 Å². The van der Waals surface area contributed by atoms with Crippen LogP contribution in [0.25, 0.3) is 44.9 Å². The van der Waals surface area contributed by atoms with Crippen LogP contribution in [-0.2, 0) is 21.6 Å². The zero-order valence-corrected chi connectivity index (χ0v) is 31.1. The molecule has 0 aliphatic carbocycles. The number of aromatic nitrogens is 4. The molecule has 10 nitrogen and oxygen atoms in total. The van der Waals surface area contributed by atoms with Crippen molar-refractivity contribution in [2.45, 2.75) is 59.0 Å². The molecule has 8 bridgehead atoms. The smallest absolute Gasteiger partial charge is 0.550 e. The summed E-state index contributed by atoms with van der Waals surface area (Å²) in [5, 5.41) is 44.4. The number of hydrogen-bond acceptors (Lipinski definition) is 8. The Morgan fingerprint density at radius 1 is 0.870 bits per heavy atom. The molecule has 0 spiro atoms. The number of carboxylic acids is 2. The summed E-state index contributed by atoms with van der Waals surface area (Å²) in [4.78, 5) is 39.3. The van der Waals surface area contributed by atoms with Gasteiger partial charge in [-0.1, -0.05) is 18.7 Å². The Bertz CT molecular complexity index is 1950. The number of aliphatic hydroxyl groups excluding tert-OH is 1. The number of aryl methyl sites for hydroxylation is 3. The molecule has 5 heterocycles. The molecule has 2 aliphatic rings. The normalized spacial score (nSPS) is 16.6. The Morgan fingerprint density at radius 2 is 1.46 bits per heavy atom. The number of fused-ring (bicyclic) bond motifs is 8. The van der Waals surface area contributed by atoms with Crippen molar-refractivity contribution in [2.75, 3.05) is 6.61 Å². The predicted octanol–water partition coefficient (Wildman–Crippen LogP) is -2.99. The zero-order valence-electron chi connectivity index (χ0n) is 27.1. The van der Waals surface area contributed by atoms with E-state index in [0.29, 0.717) is 44.9 Å². The molecule has 4 N–H and O–H groups in total. The van der Waals surface area contributed by atoms with Crippen LogP contribution < -0.4 is 69.3 Å². The van der Waals surface area contributed by atoms with Crippen molar-refractivity contribution in [3.05, 3.63) is 81.9 Å². The van der Waals surface area contributed by atoms with E-state index in [1.165, 1.54) is 6.08 Å². The minimum Gasteiger partial charge on any atom is -0.550 e. The summed E-state index contributed by atoms with van der Waals surface area (Å²) >= 11 is 0. The third-order valence-electron chi connectivity index (χ3n) is 8.53. The molecule has 46 heavy (non-hydrogen) atoms. The molecule has 0 amide bonds. The molecular formula is C34H34N4Na2O6. The number of carboxylic acid groups (broad SMARTS) is 2. The summed E-state index contributed by atoms with van der Waals surface area (Å²) < 4.78 is 0. The van der Waals surface area contributed by atoms with Crippen molar-refractivity contribution in [3.8, 4) is 0 Å². The van der Waals surface area contributed by atoms with Crippen LogP contribution in [0.1, 0.15) is 78.1 Å². The van der Waals surface area contributed by atoms with Gasteiger partial charge in [-0.25, -0.2) is 9.97 Å². The number of aliphatic hydroxyl groups is 2. The SMILES string of the molecule is C=Cc1c(C)c2cc3nc(cc4[nH]c(cc5nc(cc1[nH]2)C(C)(O)/C5=C/CO)c(C)c4CCC(=O)[O-])C(CCC(=O)[O-])=C3C.[Na+].[Na+]. The molecule has 0 saturated heterocycles. The van der Waals surface area contributed by atoms with Gasteiger partial charge >= 0.3 is 59.1 Å². The van der Waals surface area contributed by atoms with Crippen LogP contribution in [0.15, 0.2) is 36.9 Å². The van der Waals surface area contributed by atoms with Crippen molar-refractivity contribution < 1.29 is 89.1 Å². The monoisotopic (exact) mass is 640 g/mol. The van der Waals surface area contributed by atoms with E-state index in [2.05, 4.69) is 16.5 Å². The first-order chi connectivity index (χ1) is 20.8. The third kappa shape index (κ3) is 7.19. The van der Waals surface area contributed by atoms with Crippen molar-refractivity contribution >= 4 is 56.8 Å². The van der Waals surface area contributed by atoms with Gasteiger partial charge in [-0.3, -0.25) is 0 Å². The van der Waals surface area contributed by atoms with Gasteiger partial charge < -0.3 is 40.0 Å². The first-order valence-electron chi connectivity index (χ1n) is 14.4. The zero-order chi connectivity index (χ0) is 31.9. The molecule has 0 radical (unpaired) electrons. The van der Waals surface area contributed by atoms with E-state index in [-0.39, 0.29) is 91.4 Å². The van der Waals surface area contributed by atoms with Crippen molar-refractivity contribution in [2.24, 2.45) is 0 Å². The van der Waals surface area contributed by atoms with Crippen LogP contribution in [0.4, 0.5) is 0 Å². The van der Waals surface area contributed by atoms with Crippen LogP contribution in [-0.4, -0.2) is 48.7 Å². The molecule has 2 aliphatic heterocycles. The fourth-order valence-electron chi connectivity index (χ4n) is 6.01. The molecule has 1 unspecified atom stereocenters. The van der Waals surface area contributed by atoms with Gasteiger partial charge in [0, 0.05) is 45.1 Å². The Hall–Kier alpha value is -2.80. The van der Waals surface area contributed by atoms with Crippen LogP contribution in [0.5, 0.6) is 0 Å². The number of allylic oxidation sites excluding steroid dienone is 2. The van der Waals surface area contributed by atoms with Gasteiger partial charge in [0.05, 0.1) is 29.4 Å². The van der Waals surface area contributed by atoms with E-state index in [1.807, 2.05) is 26.8 Å². The van der Waals surface area contributed by atoms with Gasteiger partial charge in [-0.15, -0.1) is 0 Å².